The van der Waals surface area contributed by atoms with Crippen molar-refractivity contribution < 1.29 is 4.79 Å². The second-order valence-corrected chi connectivity index (χ2v) is 5.46. The molecule has 2 aromatic rings. The lowest BCUT2D eigenvalue weighted by Crippen LogP contribution is -2.20. The van der Waals surface area contributed by atoms with Gasteiger partial charge in [0.1, 0.15) is 0 Å². The van der Waals surface area contributed by atoms with Crippen LogP contribution < -0.4 is 16.4 Å². The van der Waals surface area contributed by atoms with Crippen molar-refractivity contribution in [2.75, 3.05) is 10.6 Å². The predicted molar refractivity (Wildman–Crippen MR) is 88.1 cm³/mol. The minimum atomic E-state index is -0.402. The number of halogens is 2. The Morgan fingerprint density at radius 2 is 1.90 bits per heavy atom. The van der Waals surface area contributed by atoms with E-state index in [2.05, 4.69) is 10.6 Å². The van der Waals surface area contributed by atoms with Gasteiger partial charge in [0.15, 0.2) is 0 Å². The van der Waals surface area contributed by atoms with Crippen LogP contribution in [0.15, 0.2) is 42.5 Å². The average Bonchev–Trinajstić information content (AvgIpc) is 2.43. The summed E-state index contributed by atoms with van der Waals surface area (Å²) in [5.74, 6) is 0. The fourth-order valence-corrected chi connectivity index (χ4v) is 2.11. The zero-order valence-corrected chi connectivity index (χ0v) is 12.9. The smallest absolute Gasteiger partial charge is 0.323 e. The van der Waals surface area contributed by atoms with Crippen molar-refractivity contribution in [2.45, 2.75) is 13.0 Å². The quantitative estimate of drug-likeness (QED) is 0.769. The van der Waals surface area contributed by atoms with E-state index in [1.165, 1.54) is 0 Å². The first kappa shape index (κ1) is 15.6. The van der Waals surface area contributed by atoms with E-state index >= 15 is 0 Å². The Kier molecular flexibility index (Phi) is 5.07. The fraction of sp³-hybridized carbons (Fsp3) is 0.133. The molecule has 0 aromatic heterocycles. The number of hydrogen-bond acceptors (Lipinski definition) is 2. The Balaban J connectivity index is 2.08. The molecule has 2 aromatic carbocycles. The summed E-state index contributed by atoms with van der Waals surface area (Å²) in [5, 5.41) is 6.29. The van der Waals surface area contributed by atoms with Crippen LogP contribution in [0.4, 0.5) is 16.2 Å². The van der Waals surface area contributed by atoms with Gasteiger partial charge >= 0.3 is 6.03 Å². The second-order valence-electron chi connectivity index (χ2n) is 4.62. The summed E-state index contributed by atoms with van der Waals surface area (Å²) >= 11 is 11.9. The van der Waals surface area contributed by atoms with Gasteiger partial charge in [0, 0.05) is 16.8 Å². The van der Waals surface area contributed by atoms with Crippen LogP contribution in [0.25, 0.3) is 0 Å². The highest BCUT2D eigenvalue weighted by atomic mass is 35.5. The zero-order valence-electron chi connectivity index (χ0n) is 11.4. The number of carbonyl (C=O) groups excluding carboxylic acids is 1. The molecule has 4 nitrogen and oxygen atoms in total. The van der Waals surface area contributed by atoms with Crippen molar-refractivity contribution in [1.82, 2.24) is 0 Å². The van der Waals surface area contributed by atoms with Crippen molar-refractivity contribution >= 4 is 40.6 Å². The monoisotopic (exact) mass is 323 g/mol. The number of amides is 2. The summed E-state index contributed by atoms with van der Waals surface area (Å²) in [4.78, 5) is 12.0. The molecule has 0 aliphatic heterocycles. The number of anilines is 2. The fourth-order valence-electron chi connectivity index (χ4n) is 1.78. The maximum atomic E-state index is 12.0. The highest BCUT2D eigenvalue weighted by Gasteiger charge is 2.08. The van der Waals surface area contributed by atoms with Gasteiger partial charge in [-0.1, -0.05) is 35.3 Å². The molecule has 1 atom stereocenters. The van der Waals surface area contributed by atoms with Gasteiger partial charge in [-0.05, 0) is 42.8 Å². The number of nitrogens with two attached hydrogens (primary N) is 1. The zero-order chi connectivity index (χ0) is 15.4. The highest BCUT2D eigenvalue weighted by molar-refractivity contribution is 6.35. The first-order chi connectivity index (χ1) is 9.95. The van der Waals surface area contributed by atoms with Gasteiger partial charge in [-0.2, -0.15) is 0 Å². The van der Waals surface area contributed by atoms with Gasteiger partial charge in [0.05, 0.1) is 10.7 Å². The minimum Gasteiger partial charge on any atom is -0.324 e. The number of rotatable bonds is 3. The van der Waals surface area contributed by atoms with E-state index in [0.29, 0.717) is 21.4 Å². The van der Waals surface area contributed by atoms with E-state index in [9.17, 15) is 4.79 Å². The lowest BCUT2D eigenvalue weighted by Gasteiger charge is -2.11. The van der Waals surface area contributed by atoms with Crippen LogP contribution in [-0.2, 0) is 0 Å². The van der Waals surface area contributed by atoms with E-state index in [-0.39, 0.29) is 6.04 Å². The molecule has 2 rings (SSSR count). The molecule has 0 radical (unpaired) electrons. The third-order valence-electron chi connectivity index (χ3n) is 2.85. The normalized spacial score (nSPS) is 11.8. The van der Waals surface area contributed by atoms with Crippen LogP contribution in [0.1, 0.15) is 18.5 Å². The van der Waals surface area contributed by atoms with Gasteiger partial charge in [-0.25, -0.2) is 4.79 Å². The SMILES string of the molecule is CC(N)c1cccc(NC(=O)Nc2cc(Cl)ccc2Cl)c1. The molecule has 1 unspecified atom stereocenters. The summed E-state index contributed by atoms with van der Waals surface area (Å²) < 4.78 is 0. The Morgan fingerprint density at radius 1 is 1.14 bits per heavy atom. The molecule has 0 saturated heterocycles. The van der Waals surface area contributed by atoms with Gasteiger partial charge < -0.3 is 16.4 Å². The molecular weight excluding hydrogens is 309 g/mol. The van der Waals surface area contributed by atoms with E-state index in [1.807, 2.05) is 25.1 Å². The van der Waals surface area contributed by atoms with Gasteiger partial charge in [0.25, 0.3) is 0 Å². The van der Waals surface area contributed by atoms with Crippen LogP contribution in [0.5, 0.6) is 0 Å². The second kappa shape index (κ2) is 6.80. The minimum absolute atomic E-state index is 0.0998. The lowest BCUT2D eigenvalue weighted by molar-refractivity contribution is 0.262. The summed E-state index contributed by atoms with van der Waals surface area (Å²) in [6.45, 7) is 1.88. The van der Waals surface area contributed by atoms with Gasteiger partial charge in [-0.15, -0.1) is 0 Å². The molecular formula is C15H15Cl2N3O. The molecule has 0 aliphatic rings. The van der Waals surface area contributed by atoms with Crippen LogP contribution in [0.2, 0.25) is 10.0 Å². The average molecular weight is 324 g/mol. The van der Waals surface area contributed by atoms with Crippen LogP contribution in [0.3, 0.4) is 0 Å². The van der Waals surface area contributed by atoms with Crippen LogP contribution in [0, 0.1) is 0 Å². The largest absolute Gasteiger partial charge is 0.324 e. The Morgan fingerprint density at radius 3 is 2.62 bits per heavy atom. The number of hydrogen-bond donors (Lipinski definition) is 3. The summed E-state index contributed by atoms with van der Waals surface area (Å²) in [7, 11) is 0. The van der Waals surface area contributed by atoms with E-state index in [1.54, 1.807) is 24.3 Å². The van der Waals surface area contributed by atoms with E-state index in [4.69, 9.17) is 28.9 Å². The summed E-state index contributed by atoms with van der Waals surface area (Å²) in [6.07, 6.45) is 0. The molecule has 2 amide bonds. The van der Waals surface area contributed by atoms with Crippen LogP contribution in [-0.4, -0.2) is 6.03 Å². The molecule has 4 N–H and O–H groups in total. The van der Waals surface area contributed by atoms with E-state index < -0.39 is 6.03 Å². The molecule has 6 heteroatoms. The first-order valence-corrected chi connectivity index (χ1v) is 7.10. The van der Waals surface area contributed by atoms with E-state index in [0.717, 1.165) is 5.56 Å². The summed E-state index contributed by atoms with van der Waals surface area (Å²) in [5.41, 5.74) is 7.85. The number of urea groups is 1. The number of carbonyl (C=O) groups is 1. The molecule has 0 aliphatic carbocycles. The Labute approximate surface area is 133 Å². The standard InChI is InChI=1S/C15H15Cl2N3O/c1-9(18)10-3-2-4-12(7-10)19-15(21)20-14-8-11(16)5-6-13(14)17/h2-9H,18H2,1H3,(H2,19,20,21). The molecule has 0 heterocycles. The van der Waals surface area contributed by atoms with Crippen molar-refractivity contribution in [3.8, 4) is 0 Å². The first-order valence-electron chi connectivity index (χ1n) is 6.34. The van der Waals surface area contributed by atoms with Crippen molar-refractivity contribution in [1.29, 1.82) is 0 Å². The van der Waals surface area contributed by atoms with Gasteiger partial charge in [-0.3, -0.25) is 0 Å². The van der Waals surface area contributed by atoms with Crippen molar-refractivity contribution in [3.63, 3.8) is 0 Å². The maximum absolute atomic E-state index is 12.0. The maximum Gasteiger partial charge on any atom is 0.323 e. The third-order valence-corrected chi connectivity index (χ3v) is 3.41. The molecule has 110 valence electrons. The topological polar surface area (TPSA) is 67.1 Å². The summed E-state index contributed by atoms with van der Waals surface area (Å²) in [6, 6.07) is 11.7. The Hall–Kier alpha value is -1.75. The number of nitrogens with one attached hydrogen (secondary N) is 2. The van der Waals surface area contributed by atoms with Crippen molar-refractivity contribution in [2.24, 2.45) is 5.73 Å². The third kappa shape index (κ3) is 4.36. The molecule has 0 spiro atoms. The van der Waals surface area contributed by atoms with Crippen LogP contribution >= 0.6 is 23.2 Å². The Bertz CT molecular complexity index is 659. The molecule has 0 bridgehead atoms. The predicted octanol–water partition coefficient (Wildman–Crippen LogP) is 4.66. The van der Waals surface area contributed by atoms with Crippen molar-refractivity contribution in [3.05, 3.63) is 58.1 Å². The number of benzene rings is 2. The molecule has 0 fully saturated rings. The highest BCUT2D eigenvalue weighted by Crippen LogP contribution is 2.25. The molecule has 0 saturated carbocycles. The molecule has 21 heavy (non-hydrogen) atoms. The lowest BCUT2D eigenvalue weighted by atomic mass is 10.1. The van der Waals surface area contributed by atoms with Gasteiger partial charge in [0.2, 0.25) is 0 Å².